The molecule has 0 aliphatic carbocycles. The predicted molar refractivity (Wildman–Crippen MR) is 180 cm³/mol. The van der Waals surface area contributed by atoms with Crippen LogP contribution in [0, 0.1) is 0 Å². The topological polar surface area (TPSA) is 30.2 Å². The summed E-state index contributed by atoms with van der Waals surface area (Å²) in [7, 11) is 0. The molecular weight excluding hydrogens is 522 g/mol. The minimum absolute atomic E-state index is 0.881. The van der Waals surface area contributed by atoms with Crippen LogP contribution >= 0.6 is 0 Å². The number of hydrogen-bond acceptors (Lipinski definition) is 2. The van der Waals surface area contributed by atoms with E-state index in [2.05, 4.69) is 138 Å². The van der Waals surface area contributed by atoms with Crippen LogP contribution in [0.3, 0.4) is 0 Å². The highest BCUT2D eigenvalue weighted by Gasteiger charge is 2.17. The van der Waals surface area contributed by atoms with Crippen molar-refractivity contribution in [3.8, 4) is 22.4 Å². The molecule has 198 valence electrons. The second-order valence-electron chi connectivity index (χ2n) is 11.4. The first-order chi connectivity index (χ1) is 21.3. The molecule has 0 aliphatic heterocycles. The van der Waals surface area contributed by atoms with Crippen molar-refractivity contribution >= 4 is 70.7 Å². The third kappa shape index (κ3) is 3.08. The van der Waals surface area contributed by atoms with E-state index in [1.54, 1.807) is 0 Å². The van der Waals surface area contributed by atoms with Crippen LogP contribution in [0.25, 0.3) is 93.1 Å². The van der Waals surface area contributed by atoms with Gasteiger partial charge in [-0.2, -0.15) is 0 Å². The molecule has 43 heavy (non-hydrogen) atoms. The molecule has 3 heterocycles. The zero-order valence-corrected chi connectivity index (χ0v) is 23.1. The van der Waals surface area contributed by atoms with Crippen LogP contribution < -0.4 is 0 Å². The molecule has 0 amide bonds. The molecule has 10 rings (SSSR count). The lowest BCUT2D eigenvalue weighted by molar-refractivity contribution is 1.31. The van der Waals surface area contributed by atoms with Gasteiger partial charge < -0.3 is 4.40 Å². The number of hydrogen-bond donors (Lipinski definition) is 0. The lowest BCUT2D eigenvalue weighted by Crippen LogP contribution is -1.92. The molecule has 0 spiro atoms. The maximum atomic E-state index is 5.17. The second kappa shape index (κ2) is 8.37. The zero-order valence-electron chi connectivity index (χ0n) is 23.1. The van der Waals surface area contributed by atoms with Gasteiger partial charge in [0, 0.05) is 37.9 Å². The van der Waals surface area contributed by atoms with Crippen LogP contribution in [0.1, 0.15) is 0 Å². The Balaban J connectivity index is 1.10. The summed E-state index contributed by atoms with van der Waals surface area (Å²) in [5, 5.41) is 9.89. The van der Waals surface area contributed by atoms with Gasteiger partial charge in [0.25, 0.3) is 0 Å². The van der Waals surface area contributed by atoms with Crippen molar-refractivity contribution in [1.29, 1.82) is 0 Å². The molecule has 0 N–H and O–H groups in total. The van der Waals surface area contributed by atoms with Crippen molar-refractivity contribution in [3.63, 3.8) is 0 Å². The summed E-state index contributed by atoms with van der Waals surface area (Å²) in [5.41, 5.74) is 10.0. The van der Waals surface area contributed by atoms with Crippen molar-refractivity contribution in [2.24, 2.45) is 0 Å². The number of rotatable bonds is 2. The fourth-order valence-electron chi connectivity index (χ4n) is 7.21. The average Bonchev–Trinajstić information content (AvgIpc) is 3.60. The van der Waals surface area contributed by atoms with Crippen molar-refractivity contribution in [2.75, 3.05) is 0 Å². The molecule has 0 radical (unpaired) electrons. The quantitative estimate of drug-likeness (QED) is 0.202. The van der Waals surface area contributed by atoms with Gasteiger partial charge in [0.15, 0.2) is 0 Å². The van der Waals surface area contributed by atoms with Crippen LogP contribution in [0.5, 0.6) is 0 Å². The largest absolute Gasteiger partial charge is 0.308 e. The average molecular weight is 546 g/mol. The van der Waals surface area contributed by atoms with Crippen molar-refractivity contribution in [1.82, 2.24) is 14.4 Å². The van der Waals surface area contributed by atoms with E-state index in [4.69, 9.17) is 9.97 Å². The molecule has 0 aliphatic rings. The van der Waals surface area contributed by atoms with Gasteiger partial charge in [0.05, 0.1) is 39.5 Å². The molecule has 0 fully saturated rings. The lowest BCUT2D eigenvalue weighted by atomic mass is 9.99. The molecule has 3 nitrogen and oxygen atoms in total. The van der Waals surface area contributed by atoms with Gasteiger partial charge in [-0.15, -0.1) is 0 Å². The molecule has 3 heteroatoms. The third-order valence-electron chi connectivity index (χ3n) is 9.16. The maximum absolute atomic E-state index is 5.17. The fraction of sp³-hybridized carbons (Fsp3) is 0. The van der Waals surface area contributed by atoms with E-state index < -0.39 is 0 Å². The predicted octanol–water partition coefficient (Wildman–Crippen LogP) is 10.4. The maximum Gasteiger partial charge on any atom is 0.0979 e. The third-order valence-corrected chi connectivity index (χ3v) is 9.16. The minimum Gasteiger partial charge on any atom is -0.308 e. The van der Waals surface area contributed by atoms with E-state index in [0.29, 0.717) is 0 Å². The van der Waals surface area contributed by atoms with Crippen LogP contribution in [0.4, 0.5) is 0 Å². The summed E-state index contributed by atoms with van der Waals surface area (Å²) in [6, 6.07) is 47.9. The van der Waals surface area contributed by atoms with E-state index >= 15 is 0 Å². The summed E-state index contributed by atoms with van der Waals surface area (Å²) < 4.78 is 2.42. The van der Waals surface area contributed by atoms with Crippen LogP contribution in [0.2, 0.25) is 0 Å². The minimum atomic E-state index is 0.881. The van der Waals surface area contributed by atoms with Crippen molar-refractivity contribution in [2.45, 2.75) is 0 Å². The smallest absolute Gasteiger partial charge is 0.0979 e. The lowest BCUT2D eigenvalue weighted by Gasteiger charge is -2.10. The first kappa shape index (κ1) is 22.8. The summed E-state index contributed by atoms with van der Waals surface area (Å²) in [6.07, 6.45) is 1.91. The van der Waals surface area contributed by atoms with Crippen LogP contribution in [0.15, 0.2) is 140 Å². The molecule has 3 aromatic heterocycles. The van der Waals surface area contributed by atoms with Gasteiger partial charge in [-0.3, -0.25) is 4.98 Å². The molecule has 0 atom stereocenters. The molecular formula is C40H23N3. The highest BCUT2D eigenvalue weighted by Crippen LogP contribution is 2.40. The Morgan fingerprint density at radius 2 is 0.953 bits per heavy atom. The Morgan fingerprint density at radius 3 is 1.72 bits per heavy atom. The normalized spacial score (nSPS) is 12.2. The van der Waals surface area contributed by atoms with E-state index in [-0.39, 0.29) is 0 Å². The Labute approximate surface area is 246 Å². The summed E-state index contributed by atoms with van der Waals surface area (Å²) in [5.74, 6) is 0. The van der Waals surface area contributed by atoms with Crippen LogP contribution in [-0.2, 0) is 0 Å². The Hall–Kier alpha value is -5.80. The molecule has 10 aromatic rings. The summed E-state index contributed by atoms with van der Waals surface area (Å²) in [6.45, 7) is 0. The van der Waals surface area contributed by atoms with Crippen LogP contribution in [-0.4, -0.2) is 14.4 Å². The van der Waals surface area contributed by atoms with Gasteiger partial charge in [0.1, 0.15) is 0 Å². The monoisotopic (exact) mass is 545 g/mol. The van der Waals surface area contributed by atoms with E-state index in [1.807, 2.05) is 6.20 Å². The number of nitrogens with zero attached hydrogens (tertiary/aromatic N) is 3. The summed E-state index contributed by atoms with van der Waals surface area (Å²) in [4.78, 5) is 10.1. The molecule has 0 saturated heterocycles. The first-order valence-corrected chi connectivity index (χ1v) is 14.7. The van der Waals surface area contributed by atoms with Crippen molar-refractivity contribution < 1.29 is 0 Å². The highest BCUT2D eigenvalue weighted by molar-refractivity contribution is 6.24. The Morgan fingerprint density at radius 1 is 0.395 bits per heavy atom. The SMILES string of the molecule is c1ccc2c(c1)c1ccccc1c1nc(-c3ccc(-c4ccc5c(c4)c4cccc6c7ccccc7n5c64)cc3)cnc21. The number of fused-ring (bicyclic) bond motifs is 12. The number of aromatic nitrogens is 3. The molecule has 0 saturated carbocycles. The standard InChI is InChI=1S/C40H23N3/c1-3-11-30-27(8-1)28-9-2-4-12-31(28)39-38(30)41-23-35(42-39)25-18-16-24(17-19-25)26-20-21-37-34(22-26)33-14-7-13-32-29-10-5-6-15-36(29)43(37)40(32)33/h1-23H. The van der Waals surface area contributed by atoms with Gasteiger partial charge in [0.2, 0.25) is 0 Å². The number of para-hydroxylation sites is 2. The Kier molecular flexibility index (Phi) is 4.45. The van der Waals surface area contributed by atoms with Gasteiger partial charge in [-0.25, -0.2) is 4.98 Å². The van der Waals surface area contributed by atoms with Gasteiger partial charge in [-0.1, -0.05) is 115 Å². The van der Waals surface area contributed by atoms with E-state index in [0.717, 1.165) is 33.1 Å². The van der Waals surface area contributed by atoms with E-state index in [9.17, 15) is 0 Å². The zero-order chi connectivity index (χ0) is 28.1. The number of benzene rings is 7. The van der Waals surface area contributed by atoms with Gasteiger partial charge in [-0.05, 0) is 40.1 Å². The Bertz CT molecular complexity index is 2680. The first-order valence-electron chi connectivity index (χ1n) is 14.7. The molecule has 0 bridgehead atoms. The fourth-order valence-corrected chi connectivity index (χ4v) is 7.21. The molecule has 0 unspecified atom stereocenters. The van der Waals surface area contributed by atoms with Gasteiger partial charge >= 0.3 is 0 Å². The highest BCUT2D eigenvalue weighted by atomic mass is 14.9. The summed E-state index contributed by atoms with van der Waals surface area (Å²) >= 11 is 0. The second-order valence-corrected chi connectivity index (χ2v) is 11.4. The van der Waals surface area contributed by atoms with Crippen molar-refractivity contribution in [3.05, 3.63) is 140 Å². The van der Waals surface area contributed by atoms with E-state index in [1.165, 1.54) is 60.0 Å². The molecule has 7 aromatic carbocycles.